The quantitative estimate of drug-likeness (QED) is 0.807. The fraction of sp³-hybridized carbons (Fsp3) is 0.562. The SMILES string of the molecule is CCS(=O)(=O)N1CCN(c2ccc(-n3nc(C)c(C)c3C)nn2)CC1. The highest BCUT2D eigenvalue weighted by Gasteiger charge is 2.26. The average Bonchev–Trinajstić information content (AvgIpc) is 2.89. The molecule has 1 saturated heterocycles. The first-order valence-corrected chi connectivity index (χ1v) is 10.0. The van der Waals surface area contributed by atoms with E-state index < -0.39 is 10.0 Å². The standard InChI is InChI=1S/C16H24N6O2S/c1-5-25(23,24)21-10-8-20(9-11-21)15-6-7-16(18-17-15)22-14(4)12(2)13(3)19-22/h6-7H,5,8-11H2,1-4H3. The number of rotatable bonds is 4. The summed E-state index contributed by atoms with van der Waals surface area (Å²) in [6.45, 7) is 9.90. The first-order valence-electron chi connectivity index (χ1n) is 8.43. The molecular formula is C16H24N6O2S. The fourth-order valence-electron chi connectivity index (χ4n) is 2.92. The monoisotopic (exact) mass is 364 g/mol. The number of aromatic nitrogens is 4. The van der Waals surface area contributed by atoms with Crippen molar-refractivity contribution in [2.75, 3.05) is 36.8 Å². The first kappa shape index (κ1) is 17.8. The van der Waals surface area contributed by atoms with Crippen molar-refractivity contribution in [2.24, 2.45) is 0 Å². The van der Waals surface area contributed by atoms with Gasteiger partial charge in [-0.15, -0.1) is 10.2 Å². The minimum atomic E-state index is -3.12. The van der Waals surface area contributed by atoms with Gasteiger partial charge in [-0.25, -0.2) is 13.1 Å². The zero-order chi connectivity index (χ0) is 18.2. The third-order valence-electron chi connectivity index (χ3n) is 4.83. The van der Waals surface area contributed by atoms with Gasteiger partial charge in [-0.05, 0) is 45.4 Å². The second-order valence-electron chi connectivity index (χ2n) is 6.24. The van der Waals surface area contributed by atoms with Crippen LogP contribution in [-0.4, -0.2) is 64.6 Å². The Morgan fingerprint density at radius 2 is 1.60 bits per heavy atom. The molecule has 2 aromatic rings. The number of sulfonamides is 1. The van der Waals surface area contributed by atoms with Gasteiger partial charge in [-0.1, -0.05) is 0 Å². The van der Waals surface area contributed by atoms with Gasteiger partial charge in [0.25, 0.3) is 0 Å². The molecule has 0 radical (unpaired) electrons. The number of nitrogens with zero attached hydrogens (tertiary/aromatic N) is 6. The molecule has 0 spiro atoms. The van der Waals surface area contributed by atoms with E-state index in [1.165, 1.54) is 0 Å². The Kier molecular flexibility index (Phi) is 4.79. The van der Waals surface area contributed by atoms with E-state index in [-0.39, 0.29) is 5.75 Å². The molecule has 136 valence electrons. The Morgan fingerprint density at radius 3 is 2.08 bits per heavy atom. The van der Waals surface area contributed by atoms with E-state index in [9.17, 15) is 8.42 Å². The maximum Gasteiger partial charge on any atom is 0.213 e. The topological polar surface area (TPSA) is 84.2 Å². The van der Waals surface area contributed by atoms with Crippen LogP contribution in [0.25, 0.3) is 5.82 Å². The number of anilines is 1. The maximum atomic E-state index is 11.9. The summed E-state index contributed by atoms with van der Waals surface area (Å²) < 4.78 is 27.2. The van der Waals surface area contributed by atoms with Crippen LogP contribution in [0.3, 0.4) is 0 Å². The third-order valence-corrected chi connectivity index (χ3v) is 6.71. The summed E-state index contributed by atoms with van der Waals surface area (Å²) in [5.41, 5.74) is 3.19. The summed E-state index contributed by atoms with van der Waals surface area (Å²) in [4.78, 5) is 2.06. The Labute approximate surface area is 148 Å². The summed E-state index contributed by atoms with van der Waals surface area (Å²) in [6.07, 6.45) is 0. The van der Waals surface area contributed by atoms with Gasteiger partial charge in [0, 0.05) is 31.9 Å². The van der Waals surface area contributed by atoms with Crippen molar-refractivity contribution in [3.63, 3.8) is 0 Å². The number of hydrogen-bond donors (Lipinski definition) is 0. The number of hydrogen-bond acceptors (Lipinski definition) is 6. The molecular weight excluding hydrogens is 340 g/mol. The predicted molar refractivity (Wildman–Crippen MR) is 96.6 cm³/mol. The lowest BCUT2D eigenvalue weighted by atomic mass is 10.2. The van der Waals surface area contributed by atoms with E-state index in [1.807, 2.05) is 32.9 Å². The average molecular weight is 364 g/mol. The molecule has 25 heavy (non-hydrogen) atoms. The molecule has 0 amide bonds. The van der Waals surface area contributed by atoms with Crippen molar-refractivity contribution < 1.29 is 8.42 Å². The van der Waals surface area contributed by atoms with Crippen molar-refractivity contribution >= 4 is 15.8 Å². The van der Waals surface area contributed by atoms with Crippen LogP contribution in [0.15, 0.2) is 12.1 Å². The molecule has 9 heteroatoms. The van der Waals surface area contributed by atoms with Gasteiger partial charge in [0.2, 0.25) is 10.0 Å². The van der Waals surface area contributed by atoms with Crippen LogP contribution in [0.4, 0.5) is 5.82 Å². The van der Waals surface area contributed by atoms with Gasteiger partial charge in [0.05, 0.1) is 11.4 Å². The summed E-state index contributed by atoms with van der Waals surface area (Å²) in [6, 6.07) is 3.81. The van der Waals surface area contributed by atoms with Crippen LogP contribution in [0, 0.1) is 20.8 Å². The van der Waals surface area contributed by atoms with E-state index in [2.05, 4.69) is 20.2 Å². The van der Waals surface area contributed by atoms with E-state index >= 15 is 0 Å². The molecule has 0 atom stereocenters. The second kappa shape index (κ2) is 6.72. The highest BCUT2D eigenvalue weighted by molar-refractivity contribution is 7.89. The van der Waals surface area contributed by atoms with Crippen molar-refractivity contribution in [2.45, 2.75) is 27.7 Å². The molecule has 2 aromatic heterocycles. The summed E-state index contributed by atoms with van der Waals surface area (Å²) in [5.74, 6) is 1.59. The molecule has 0 saturated carbocycles. The van der Waals surface area contributed by atoms with Crippen molar-refractivity contribution in [3.8, 4) is 5.82 Å². The third kappa shape index (κ3) is 3.38. The van der Waals surface area contributed by atoms with Gasteiger partial charge in [-0.2, -0.15) is 9.40 Å². The van der Waals surface area contributed by atoms with Gasteiger partial charge in [0.1, 0.15) is 0 Å². The van der Waals surface area contributed by atoms with Crippen molar-refractivity contribution in [3.05, 3.63) is 29.1 Å². The lowest BCUT2D eigenvalue weighted by Gasteiger charge is -2.34. The zero-order valence-corrected chi connectivity index (χ0v) is 15.9. The van der Waals surface area contributed by atoms with Crippen molar-refractivity contribution in [1.82, 2.24) is 24.3 Å². The van der Waals surface area contributed by atoms with Gasteiger partial charge >= 0.3 is 0 Å². The molecule has 1 aliphatic heterocycles. The molecule has 0 aromatic carbocycles. The van der Waals surface area contributed by atoms with Gasteiger partial charge in [0.15, 0.2) is 11.6 Å². The smallest absolute Gasteiger partial charge is 0.213 e. The lowest BCUT2D eigenvalue weighted by molar-refractivity contribution is 0.384. The largest absolute Gasteiger partial charge is 0.352 e. The summed E-state index contributed by atoms with van der Waals surface area (Å²) in [5, 5.41) is 13.1. The lowest BCUT2D eigenvalue weighted by Crippen LogP contribution is -2.49. The van der Waals surface area contributed by atoms with Crippen LogP contribution >= 0.6 is 0 Å². The van der Waals surface area contributed by atoms with Gasteiger partial charge < -0.3 is 4.90 Å². The van der Waals surface area contributed by atoms with Crippen molar-refractivity contribution in [1.29, 1.82) is 0 Å². The van der Waals surface area contributed by atoms with Crippen LogP contribution < -0.4 is 4.90 Å². The molecule has 1 fully saturated rings. The van der Waals surface area contributed by atoms with Crippen LogP contribution in [0.5, 0.6) is 0 Å². The number of piperazine rings is 1. The molecule has 3 rings (SSSR count). The second-order valence-corrected chi connectivity index (χ2v) is 8.50. The molecule has 1 aliphatic rings. The van der Waals surface area contributed by atoms with Crippen LogP contribution in [0.1, 0.15) is 23.9 Å². The molecule has 8 nitrogen and oxygen atoms in total. The van der Waals surface area contributed by atoms with E-state index in [0.717, 1.165) is 22.8 Å². The Hall–Kier alpha value is -2.00. The predicted octanol–water partition coefficient (Wildman–Crippen LogP) is 1.06. The zero-order valence-electron chi connectivity index (χ0n) is 15.1. The molecule has 0 unspecified atom stereocenters. The summed E-state index contributed by atoms with van der Waals surface area (Å²) in [7, 11) is -3.12. The Morgan fingerprint density at radius 1 is 1.00 bits per heavy atom. The molecule has 0 aliphatic carbocycles. The highest BCUT2D eigenvalue weighted by atomic mass is 32.2. The minimum absolute atomic E-state index is 0.142. The fourth-order valence-corrected chi connectivity index (χ4v) is 4.01. The maximum absolute atomic E-state index is 11.9. The number of aryl methyl sites for hydroxylation is 1. The normalized spacial score (nSPS) is 16.4. The highest BCUT2D eigenvalue weighted by Crippen LogP contribution is 2.18. The summed E-state index contributed by atoms with van der Waals surface area (Å²) >= 11 is 0. The van der Waals surface area contributed by atoms with Crippen LogP contribution in [0.2, 0.25) is 0 Å². The van der Waals surface area contributed by atoms with E-state index in [4.69, 9.17) is 0 Å². The molecule has 0 N–H and O–H groups in total. The van der Waals surface area contributed by atoms with Crippen LogP contribution in [-0.2, 0) is 10.0 Å². The minimum Gasteiger partial charge on any atom is -0.352 e. The Balaban J connectivity index is 1.73. The van der Waals surface area contributed by atoms with Gasteiger partial charge in [-0.3, -0.25) is 0 Å². The molecule has 3 heterocycles. The van der Waals surface area contributed by atoms with E-state index in [0.29, 0.717) is 32.0 Å². The van der Waals surface area contributed by atoms with E-state index in [1.54, 1.807) is 15.9 Å². The molecule has 0 bridgehead atoms. The first-order chi connectivity index (χ1) is 11.8. The Bertz CT molecular complexity index is 851.